The van der Waals surface area contributed by atoms with E-state index in [1.165, 1.54) is 11.4 Å². The zero-order valence-electron chi connectivity index (χ0n) is 25.7. The second-order valence-electron chi connectivity index (χ2n) is 10.8. The molecule has 1 atom stereocenters. The Hall–Kier alpha value is -4.05. The summed E-state index contributed by atoms with van der Waals surface area (Å²) < 4.78 is 37.5. The van der Waals surface area contributed by atoms with Gasteiger partial charge >= 0.3 is 0 Å². The standard InChI is InChI=1S/C33H43N3O6S/c1-25(2)23-34-33(38)30(22-26-13-7-6-8-14-26)35(24-27-15-11-16-28(21-27)41-3)32(37)19-12-20-36(43(5,39)40)29-17-9-10-18-31(29)42-4/h6-11,13-18,21,25,30H,12,19-20,22-24H2,1-5H3,(H,34,38). The maximum atomic E-state index is 14.0. The van der Waals surface area contributed by atoms with Gasteiger partial charge in [-0.3, -0.25) is 13.9 Å². The number of carbonyl (C=O) groups excluding carboxylic acids is 2. The summed E-state index contributed by atoms with van der Waals surface area (Å²) in [4.78, 5) is 29.2. The van der Waals surface area contributed by atoms with Crippen LogP contribution in [0.4, 0.5) is 5.69 Å². The third-order valence-electron chi connectivity index (χ3n) is 6.95. The van der Waals surface area contributed by atoms with E-state index in [4.69, 9.17) is 9.47 Å². The second kappa shape index (κ2) is 16.0. The zero-order chi connectivity index (χ0) is 31.4. The van der Waals surface area contributed by atoms with Gasteiger partial charge in [-0.15, -0.1) is 0 Å². The van der Waals surface area contributed by atoms with Crippen LogP contribution in [0.2, 0.25) is 0 Å². The predicted molar refractivity (Wildman–Crippen MR) is 170 cm³/mol. The lowest BCUT2D eigenvalue weighted by molar-refractivity contribution is -0.141. The first-order chi connectivity index (χ1) is 20.5. The summed E-state index contributed by atoms with van der Waals surface area (Å²) in [6, 6.07) is 23.1. The molecule has 43 heavy (non-hydrogen) atoms. The molecule has 3 aromatic carbocycles. The third-order valence-corrected chi connectivity index (χ3v) is 8.13. The first-order valence-corrected chi connectivity index (χ1v) is 16.2. The molecular weight excluding hydrogens is 566 g/mol. The lowest BCUT2D eigenvalue weighted by Gasteiger charge is -2.32. The van der Waals surface area contributed by atoms with Crippen molar-refractivity contribution in [3.63, 3.8) is 0 Å². The number of carbonyl (C=O) groups is 2. The van der Waals surface area contributed by atoms with Crippen LogP contribution in [0, 0.1) is 5.92 Å². The minimum atomic E-state index is -3.66. The molecule has 0 aliphatic heterocycles. The number of nitrogens with one attached hydrogen (secondary N) is 1. The van der Waals surface area contributed by atoms with Crippen molar-refractivity contribution in [2.75, 3.05) is 37.9 Å². The van der Waals surface area contributed by atoms with E-state index in [-0.39, 0.29) is 43.7 Å². The number of para-hydroxylation sites is 2. The Labute approximate surface area is 255 Å². The number of hydrogen-bond donors (Lipinski definition) is 1. The fourth-order valence-corrected chi connectivity index (χ4v) is 5.73. The van der Waals surface area contributed by atoms with Gasteiger partial charge in [0.25, 0.3) is 0 Å². The molecule has 1 N–H and O–H groups in total. The SMILES string of the molecule is COc1cccc(CN(C(=O)CCCN(c2ccccc2OC)S(C)(=O)=O)C(Cc2ccccc2)C(=O)NCC(C)C)c1. The van der Waals surface area contributed by atoms with Crippen LogP contribution < -0.4 is 19.1 Å². The molecule has 0 radical (unpaired) electrons. The van der Waals surface area contributed by atoms with E-state index < -0.39 is 16.1 Å². The largest absolute Gasteiger partial charge is 0.497 e. The number of rotatable bonds is 16. The molecule has 0 saturated heterocycles. The molecule has 0 bridgehead atoms. The Kier molecular flexibility index (Phi) is 12.4. The molecule has 9 nitrogen and oxygen atoms in total. The summed E-state index contributed by atoms with van der Waals surface area (Å²) in [5.41, 5.74) is 2.15. The fraction of sp³-hybridized carbons (Fsp3) is 0.394. The van der Waals surface area contributed by atoms with Gasteiger partial charge < -0.3 is 19.7 Å². The average Bonchev–Trinajstić information content (AvgIpc) is 2.99. The van der Waals surface area contributed by atoms with Crippen molar-refractivity contribution in [1.29, 1.82) is 0 Å². The van der Waals surface area contributed by atoms with Crippen LogP contribution in [0.15, 0.2) is 78.9 Å². The van der Waals surface area contributed by atoms with E-state index in [1.54, 1.807) is 36.3 Å². The number of anilines is 1. The summed E-state index contributed by atoms with van der Waals surface area (Å²) in [6.45, 7) is 4.77. The highest BCUT2D eigenvalue weighted by Crippen LogP contribution is 2.30. The third kappa shape index (κ3) is 10.0. The zero-order valence-corrected chi connectivity index (χ0v) is 26.5. The molecule has 1 unspecified atom stereocenters. The molecule has 0 aromatic heterocycles. The van der Waals surface area contributed by atoms with E-state index in [0.717, 1.165) is 17.4 Å². The molecule has 0 spiro atoms. The van der Waals surface area contributed by atoms with E-state index in [9.17, 15) is 18.0 Å². The Morgan fingerprint density at radius 1 is 0.884 bits per heavy atom. The van der Waals surface area contributed by atoms with Crippen molar-refractivity contribution < 1.29 is 27.5 Å². The van der Waals surface area contributed by atoms with Gasteiger partial charge in [0, 0.05) is 32.5 Å². The maximum absolute atomic E-state index is 14.0. The Morgan fingerprint density at radius 3 is 2.21 bits per heavy atom. The Balaban J connectivity index is 1.91. The van der Waals surface area contributed by atoms with Crippen molar-refractivity contribution in [3.8, 4) is 11.5 Å². The van der Waals surface area contributed by atoms with Crippen molar-refractivity contribution in [1.82, 2.24) is 10.2 Å². The van der Waals surface area contributed by atoms with Crippen LogP contribution in [-0.2, 0) is 32.6 Å². The number of benzene rings is 3. The van der Waals surface area contributed by atoms with Crippen LogP contribution in [0.1, 0.15) is 37.8 Å². The van der Waals surface area contributed by atoms with Gasteiger partial charge in [-0.25, -0.2) is 8.42 Å². The quantitative estimate of drug-likeness (QED) is 0.253. The van der Waals surface area contributed by atoms with Crippen LogP contribution >= 0.6 is 0 Å². The first-order valence-electron chi connectivity index (χ1n) is 14.4. The molecule has 0 fully saturated rings. The average molecular weight is 610 g/mol. The maximum Gasteiger partial charge on any atom is 0.243 e. The summed E-state index contributed by atoms with van der Waals surface area (Å²) in [6.07, 6.45) is 1.74. The molecular formula is C33H43N3O6S. The molecule has 10 heteroatoms. The highest BCUT2D eigenvalue weighted by Gasteiger charge is 2.31. The summed E-state index contributed by atoms with van der Waals surface area (Å²) >= 11 is 0. The molecule has 0 saturated carbocycles. The molecule has 3 aromatic rings. The number of amides is 2. The number of sulfonamides is 1. The molecule has 3 rings (SSSR count). The normalized spacial score (nSPS) is 12.0. The smallest absolute Gasteiger partial charge is 0.243 e. The monoisotopic (exact) mass is 609 g/mol. The lowest BCUT2D eigenvalue weighted by Crippen LogP contribution is -2.51. The topological polar surface area (TPSA) is 105 Å². The van der Waals surface area contributed by atoms with E-state index in [2.05, 4.69) is 5.32 Å². The van der Waals surface area contributed by atoms with Crippen LogP contribution in [0.3, 0.4) is 0 Å². The minimum absolute atomic E-state index is 0.0356. The first kappa shape index (κ1) is 33.5. The highest BCUT2D eigenvalue weighted by atomic mass is 32.2. The summed E-state index contributed by atoms with van der Waals surface area (Å²) in [7, 11) is -0.600. The Bertz CT molecular complexity index is 1450. The van der Waals surface area contributed by atoms with E-state index in [1.807, 2.05) is 68.4 Å². The van der Waals surface area contributed by atoms with Gasteiger partial charge in [-0.1, -0.05) is 68.4 Å². The Morgan fingerprint density at radius 2 is 1.56 bits per heavy atom. The molecule has 0 aliphatic carbocycles. The van der Waals surface area contributed by atoms with Crippen molar-refractivity contribution in [2.45, 2.75) is 45.7 Å². The second-order valence-corrected chi connectivity index (χ2v) is 12.7. The fourth-order valence-electron chi connectivity index (χ4n) is 4.76. The van der Waals surface area contributed by atoms with Gasteiger partial charge in [-0.05, 0) is 47.7 Å². The number of methoxy groups -OCH3 is 2. The van der Waals surface area contributed by atoms with Crippen LogP contribution in [0.25, 0.3) is 0 Å². The summed E-state index contributed by atoms with van der Waals surface area (Å²) in [5, 5.41) is 3.02. The molecule has 232 valence electrons. The molecule has 0 aliphatic rings. The minimum Gasteiger partial charge on any atom is -0.497 e. The van der Waals surface area contributed by atoms with Crippen molar-refractivity contribution in [2.24, 2.45) is 5.92 Å². The van der Waals surface area contributed by atoms with Crippen molar-refractivity contribution in [3.05, 3.63) is 90.0 Å². The lowest BCUT2D eigenvalue weighted by atomic mass is 10.0. The van der Waals surface area contributed by atoms with Crippen LogP contribution in [0.5, 0.6) is 11.5 Å². The highest BCUT2D eigenvalue weighted by molar-refractivity contribution is 7.92. The van der Waals surface area contributed by atoms with Gasteiger partial charge in [0.15, 0.2) is 0 Å². The molecule has 0 heterocycles. The van der Waals surface area contributed by atoms with Crippen molar-refractivity contribution >= 4 is 27.5 Å². The predicted octanol–water partition coefficient (Wildman–Crippen LogP) is 4.66. The number of ether oxygens (including phenoxy) is 2. The molecule has 2 amide bonds. The number of nitrogens with zero attached hydrogens (tertiary/aromatic N) is 2. The van der Waals surface area contributed by atoms with E-state index in [0.29, 0.717) is 30.2 Å². The van der Waals surface area contributed by atoms with Crippen LogP contribution in [-0.4, -0.2) is 64.7 Å². The van der Waals surface area contributed by atoms with Gasteiger partial charge in [0.05, 0.1) is 26.2 Å². The van der Waals surface area contributed by atoms with Gasteiger partial charge in [0.2, 0.25) is 21.8 Å². The number of hydrogen-bond acceptors (Lipinski definition) is 6. The van der Waals surface area contributed by atoms with Gasteiger partial charge in [-0.2, -0.15) is 0 Å². The van der Waals surface area contributed by atoms with E-state index >= 15 is 0 Å². The van der Waals surface area contributed by atoms with Gasteiger partial charge in [0.1, 0.15) is 17.5 Å². The summed E-state index contributed by atoms with van der Waals surface area (Å²) in [5.74, 6) is 0.816.